The summed E-state index contributed by atoms with van der Waals surface area (Å²) in [4.78, 5) is 10.7. The fraction of sp³-hybridized carbons (Fsp3) is 0.308. The maximum absolute atomic E-state index is 10.7. The Morgan fingerprint density at radius 2 is 2.15 bits per heavy atom. The van der Waals surface area contributed by atoms with Crippen LogP contribution >= 0.6 is 0 Å². The van der Waals surface area contributed by atoms with Crippen LogP contribution in [0.2, 0.25) is 0 Å². The Hall–Kier alpha value is -2.57. The van der Waals surface area contributed by atoms with Crippen molar-refractivity contribution in [3.63, 3.8) is 0 Å². The third-order valence-electron chi connectivity index (χ3n) is 2.78. The highest BCUT2D eigenvalue weighted by Crippen LogP contribution is 2.12. The highest BCUT2D eigenvalue weighted by atomic mass is 16.5. The van der Waals surface area contributed by atoms with Gasteiger partial charge in [0.1, 0.15) is 11.8 Å². The van der Waals surface area contributed by atoms with Gasteiger partial charge in [-0.1, -0.05) is 17.3 Å². The minimum absolute atomic E-state index is 0.438. The molecule has 2 rings (SSSR count). The smallest absolute Gasteiger partial charge is 0.325 e. The van der Waals surface area contributed by atoms with Crippen LogP contribution in [-0.4, -0.2) is 39.2 Å². The van der Waals surface area contributed by atoms with Gasteiger partial charge in [0, 0.05) is 0 Å². The van der Waals surface area contributed by atoms with E-state index >= 15 is 0 Å². The van der Waals surface area contributed by atoms with Crippen LogP contribution < -0.4 is 10.1 Å². The fourth-order valence-electron chi connectivity index (χ4n) is 1.64. The van der Waals surface area contributed by atoms with Crippen molar-refractivity contribution >= 4 is 11.8 Å². The summed E-state index contributed by atoms with van der Waals surface area (Å²) in [5.74, 6) is 0.299. The standard InChI is InChI=1S/C13H16N4O3/c1-9(13(18)19)14-12-8-17(16-15-12)7-10-3-5-11(20-2)6-4-10/h3-6,8-9,14H,7H2,1-2H3,(H,18,19)/t9-/m0/s1. The van der Waals surface area contributed by atoms with Gasteiger partial charge in [-0.15, -0.1) is 5.10 Å². The van der Waals surface area contributed by atoms with Gasteiger partial charge in [-0.05, 0) is 24.6 Å². The third-order valence-corrected chi connectivity index (χ3v) is 2.78. The molecule has 1 atom stereocenters. The Morgan fingerprint density at radius 3 is 2.75 bits per heavy atom. The highest BCUT2D eigenvalue weighted by Gasteiger charge is 2.12. The van der Waals surface area contributed by atoms with Crippen molar-refractivity contribution in [2.75, 3.05) is 12.4 Å². The molecule has 0 aliphatic carbocycles. The molecule has 2 N–H and O–H groups in total. The molecule has 106 valence electrons. The molecule has 0 fully saturated rings. The predicted molar refractivity (Wildman–Crippen MR) is 72.8 cm³/mol. The van der Waals surface area contributed by atoms with E-state index in [0.29, 0.717) is 12.4 Å². The average Bonchev–Trinajstić information content (AvgIpc) is 2.86. The predicted octanol–water partition coefficient (Wildman–Crippen LogP) is 1.22. The van der Waals surface area contributed by atoms with Crippen LogP contribution in [0, 0.1) is 0 Å². The lowest BCUT2D eigenvalue weighted by atomic mass is 10.2. The Bertz CT molecular complexity index is 580. The summed E-state index contributed by atoms with van der Waals surface area (Å²) >= 11 is 0. The van der Waals surface area contributed by atoms with Crippen molar-refractivity contribution in [3.05, 3.63) is 36.0 Å². The zero-order valence-electron chi connectivity index (χ0n) is 11.3. The molecule has 0 amide bonds. The first-order valence-electron chi connectivity index (χ1n) is 6.11. The van der Waals surface area contributed by atoms with Crippen molar-refractivity contribution in [1.29, 1.82) is 0 Å². The van der Waals surface area contributed by atoms with Crippen LogP contribution in [0.3, 0.4) is 0 Å². The highest BCUT2D eigenvalue weighted by molar-refractivity contribution is 5.76. The third kappa shape index (κ3) is 3.47. The van der Waals surface area contributed by atoms with Gasteiger partial charge in [0.2, 0.25) is 0 Å². The van der Waals surface area contributed by atoms with Crippen molar-refractivity contribution in [3.8, 4) is 5.75 Å². The van der Waals surface area contributed by atoms with E-state index in [9.17, 15) is 4.79 Å². The molecule has 1 heterocycles. The van der Waals surface area contributed by atoms with E-state index in [0.717, 1.165) is 11.3 Å². The number of rotatable bonds is 6. The van der Waals surface area contributed by atoms with Crippen LogP contribution in [0.4, 0.5) is 5.82 Å². The number of hydrogen-bond donors (Lipinski definition) is 2. The summed E-state index contributed by atoms with van der Waals surface area (Å²) in [6.07, 6.45) is 1.67. The minimum Gasteiger partial charge on any atom is -0.497 e. The van der Waals surface area contributed by atoms with Crippen molar-refractivity contribution in [1.82, 2.24) is 15.0 Å². The number of benzene rings is 1. The monoisotopic (exact) mass is 276 g/mol. The van der Waals surface area contributed by atoms with Gasteiger partial charge >= 0.3 is 5.97 Å². The molecule has 0 unspecified atom stereocenters. The minimum atomic E-state index is -0.935. The first-order valence-corrected chi connectivity index (χ1v) is 6.11. The van der Waals surface area contributed by atoms with E-state index < -0.39 is 12.0 Å². The Balaban J connectivity index is 1.99. The van der Waals surface area contributed by atoms with Crippen LogP contribution in [0.1, 0.15) is 12.5 Å². The SMILES string of the molecule is COc1ccc(Cn2cc(N[C@@H](C)C(=O)O)nn2)cc1. The van der Waals surface area contributed by atoms with E-state index in [2.05, 4.69) is 15.6 Å². The normalized spacial score (nSPS) is 11.9. The number of aliphatic carboxylic acids is 1. The number of anilines is 1. The lowest BCUT2D eigenvalue weighted by molar-refractivity contribution is -0.137. The van der Waals surface area contributed by atoms with Gasteiger partial charge in [0.15, 0.2) is 5.82 Å². The molecule has 0 radical (unpaired) electrons. The summed E-state index contributed by atoms with van der Waals surface area (Å²) < 4.78 is 6.73. The number of methoxy groups -OCH3 is 1. The van der Waals surface area contributed by atoms with E-state index in [-0.39, 0.29) is 0 Å². The molecule has 0 saturated heterocycles. The summed E-state index contributed by atoms with van der Waals surface area (Å²) in [5, 5.41) is 19.4. The molecule has 20 heavy (non-hydrogen) atoms. The van der Waals surface area contributed by atoms with E-state index in [1.807, 2.05) is 24.3 Å². The van der Waals surface area contributed by atoms with Gasteiger partial charge in [-0.25, -0.2) is 4.68 Å². The molecule has 2 aromatic rings. The number of nitrogens with one attached hydrogen (secondary N) is 1. The number of carboxylic acid groups (broad SMARTS) is 1. The molecular weight excluding hydrogens is 260 g/mol. The molecule has 7 nitrogen and oxygen atoms in total. The van der Waals surface area contributed by atoms with E-state index in [4.69, 9.17) is 9.84 Å². The molecule has 1 aromatic heterocycles. The number of aromatic nitrogens is 3. The van der Waals surface area contributed by atoms with Crippen molar-refractivity contribution < 1.29 is 14.6 Å². The maximum Gasteiger partial charge on any atom is 0.325 e. The van der Waals surface area contributed by atoms with Gasteiger partial charge < -0.3 is 15.2 Å². The molecule has 0 spiro atoms. The molecule has 0 saturated carbocycles. The number of ether oxygens (including phenoxy) is 1. The molecular formula is C13H16N4O3. The Morgan fingerprint density at radius 1 is 1.45 bits per heavy atom. The van der Waals surface area contributed by atoms with Crippen LogP contribution in [-0.2, 0) is 11.3 Å². The molecule has 7 heteroatoms. The second-order valence-corrected chi connectivity index (χ2v) is 4.35. The average molecular weight is 276 g/mol. The van der Waals surface area contributed by atoms with E-state index in [1.165, 1.54) is 0 Å². The van der Waals surface area contributed by atoms with Gasteiger partial charge in [-0.2, -0.15) is 0 Å². The van der Waals surface area contributed by atoms with Crippen LogP contribution in [0.15, 0.2) is 30.5 Å². The van der Waals surface area contributed by atoms with Gasteiger partial charge in [0.05, 0.1) is 19.9 Å². The largest absolute Gasteiger partial charge is 0.497 e. The first kappa shape index (κ1) is 13.9. The van der Waals surface area contributed by atoms with Crippen molar-refractivity contribution in [2.24, 2.45) is 0 Å². The number of carboxylic acids is 1. The van der Waals surface area contributed by atoms with Crippen LogP contribution in [0.25, 0.3) is 0 Å². The quantitative estimate of drug-likeness (QED) is 0.824. The maximum atomic E-state index is 10.7. The lowest BCUT2D eigenvalue weighted by Crippen LogP contribution is -2.25. The first-order chi connectivity index (χ1) is 9.58. The topological polar surface area (TPSA) is 89.3 Å². The molecule has 0 bridgehead atoms. The molecule has 0 aliphatic rings. The second kappa shape index (κ2) is 6.05. The Kier molecular flexibility index (Phi) is 4.19. The number of carbonyl (C=O) groups is 1. The zero-order valence-corrected chi connectivity index (χ0v) is 11.3. The summed E-state index contributed by atoms with van der Waals surface area (Å²) in [6, 6.07) is 6.91. The number of hydrogen-bond acceptors (Lipinski definition) is 5. The lowest BCUT2D eigenvalue weighted by Gasteiger charge is -2.06. The zero-order chi connectivity index (χ0) is 14.5. The molecule has 0 aliphatic heterocycles. The second-order valence-electron chi connectivity index (χ2n) is 4.35. The summed E-state index contributed by atoms with van der Waals surface area (Å²) in [7, 11) is 1.62. The Labute approximate surface area is 116 Å². The summed E-state index contributed by atoms with van der Waals surface area (Å²) in [5.41, 5.74) is 1.05. The fourth-order valence-corrected chi connectivity index (χ4v) is 1.64. The molecule has 1 aromatic carbocycles. The van der Waals surface area contributed by atoms with E-state index in [1.54, 1.807) is 24.9 Å². The number of nitrogens with zero attached hydrogens (tertiary/aromatic N) is 3. The van der Waals surface area contributed by atoms with Crippen molar-refractivity contribution in [2.45, 2.75) is 19.5 Å². The summed E-state index contributed by atoms with van der Waals surface area (Å²) in [6.45, 7) is 2.10. The van der Waals surface area contributed by atoms with Crippen LogP contribution in [0.5, 0.6) is 5.75 Å². The van der Waals surface area contributed by atoms with Gasteiger partial charge in [0.25, 0.3) is 0 Å². The van der Waals surface area contributed by atoms with Gasteiger partial charge in [-0.3, -0.25) is 4.79 Å².